The molecule has 2 aromatic carbocycles. The Balaban J connectivity index is 1.62. The van der Waals surface area contributed by atoms with Crippen LogP contribution in [0.3, 0.4) is 0 Å². The molecule has 6 nitrogen and oxygen atoms in total. The summed E-state index contributed by atoms with van der Waals surface area (Å²) < 4.78 is 14.0. The van der Waals surface area contributed by atoms with Gasteiger partial charge in [0.05, 0.1) is 16.8 Å². The van der Waals surface area contributed by atoms with Gasteiger partial charge in [-0.1, -0.05) is 19.3 Å². The van der Waals surface area contributed by atoms with Crippen LogP contribution in [0.4, 0.5) is 10.1 Å². The summed E-state index contributed by atoms with van der Waals surface area (Å²) >= 11 is 0. The number of aromatic nitrogens is 1. The van der Waals surface area contributed by atoms with Gasteiger partial charge in [0.2, 0.25) is 0 Å². The number of carbonyl (C=O) groups excluding carboxylic acids is 1. The van der Waals surface area contributed by atoms with Gasteiger partial charge in [-0.25, -0.2) is 9.18 Å². The molecule has 0 saturated heterocycles. The number of H-pyrrole nitrogens is 1. The quantitative estimate of drug-likeness (QED) is 0.294. The molecule has 0 spiro atoms. The molecule has 34 heavy (non-hydrogen) atoms. The molecule has 1 fully saturated rings. The number of anilines is 1. The topological polar surface area (TPSA) is 85.4 Å². The number of halogens is 1. The first-order valence-corrected chi connectivity index (χ1v) is 11.6. The molecule has 178 valence electrons. The maximum atomic E-state index is 14.0. The maximum absolute atomic E-state index is 14.0. The van der Waals surface area contributed by atoms with E-state index in [1.807, 2.05) is 7.05 Å². The van der Waals surface area contributed by atoms with Gasteiger partial charge in [-0.2, -0.15) is 0 Å². The van der Waals surface area contributed by atoms with Crippen LogP contribution in [0.5, 0.6) is 0 Å². The van der Waals surface area contributed by atoms with Crippen molar-refractivity contribution in [2.24, 2.45) is 0 Å². The highest BCUT2D eigenvalue weighted by Crippen LogP contribution is 2.28. The zero-order valence-corrected chi connectivity index (χ0v) is 19.5. The van der Waals surface area contributed by atoms with E-state index in [0.717, 1.165) is 18.4 Å². The molecule has 1 aliphatic carbocycles. The molecule has 0 aliphatic heterocycles. The van der Waals surface area contributed by atoms with Crippen molar-refractivity contribution in [2.75, 3.05) is 19.4 Å². The molecule has 1 saturated carbocycles. The lowest BCUT2D eigenvalue weighted by atomic mass is 9.93. The molecule has 1 aliphatic rings. The van der Waals surface area contributed by atoms with E-state index >= 15 is 0 Å². The molecule has 1 heterocycles. The van der Waals surface area contributed by atoms with Gasteiger partial charge in [-0.05, 0) is 67.9 Å². The lowest BCUT2D eigenvalue weighted by molar-refractivity contribution is 0.0696. The van der Waals surface area contributed by atoms with Crippen molar-refractivity contribution >= 4 is 34.4 Å². The standard InChI is InChI=1S/C27H30FN3O3/c1-29-24-14-20(28)13-23-18(15-30-26(23)24)9-11-25(32)22-10-8-17(27(33)34)12-19(22)16-31(2)21-6-4-3-5-7-21/h8-15,21,29-30H,3-7,16H2,1-2H3,(H,33,34). The first kappa shape index (κ1) is 23.7. The summed E-state index contributed by atoms with van der Waals surface area (Å²) in [5, 5.41) is 13.1. The number of nitrogens with zero attached hydrogens (tertiary/aromatic N) is 1. The van der Waals surface area contributed by atoms with E-state index in [0.29, 0.717) is 40.4 Å². The van der Waals surface area contributed by atoms with E-state index in [2.05, 4.69) is 15.2 Å². The van der Waals surface area contributed by atoms with Crippen LogP contribution in [0.15, 0.2) is 42.6 Å². The molecule has 0 amide bonds. The molecular weight excluding hydrogens is 433 g/mol. The minimum Gasteiger partial charge on any atom is -0.478 e. The largest absolute Gasteiger partial charge is 0.478 e. The summed E-state index contributed by atoms with van der Waals surface area (Å²) in [6.45, 7) is 0.504. The number of hydrogen-bond acceptors (Lipinski definition) is 4. The first-order valence-electron chi connectivity index (χ1n) is 11.6. The summed E-state index contributed by atoms with van der Waals surface area (Å²) in [6.07, 6.45) is 10.7. The SMILES string of the molecule is CNc1cc(F)cc2c(C=CC(=O)c3ccc(C(=O)O)cc3CN(C)C3CCCCC3)c[nH]c12. The van der Waals surface area contributed by atoms with E-state index in [-0.39, 0.29) is 17.2 Å². The Kier molecular flexibility index (Phi) is 7.12. The second kappa shape index (κ2) is 10.2. The lowest BCUT2D eigenvalue weighted by Crippen LogP contribution is -2.33. The Bertz CT molecular complexity index is 1240. The van der Waals surface area contributed by atoms with Crippen LogP contribution in [0.1, 0.15) is 63.9 Å². The van der Waals surface area contributed by atoms with Gasteiger partial charge < -0.3 is 15.4 Å². The maximum Gasteiger partial charge on any atom is 0.335 e. The average molecular weight is 464 g/mol. The predicted octanol–water partition coefficient (Wildman–Crippen LogP) is 5.71. The van der Waals surface area contributed by atoms with Crippen molar-refractivity contribution in [2.45, 2.75) is 44.7 Å². The third-order valence-electron chi connectivity index (χ3n) is 6.71. The fourth-order valence-electron chi connectivity index (χ4n) is 4.83. The minimum atomic E-state index is -1.02. The van der Waals surface area contributed by atoms with Crippen LogP contribution in [-0.4, -0.2) is 46.9 Å². The summed E-state index contributed by atoms with van der Waals surface area (Å²) in [5.74, 6) is -1.60. The number of ketones is 1. The third kappa shape index (κ3) is 5.04. The molecule has 0 atom stereocenters. The summed E-state index contributed by atoms with van der Waals surface area (Å²) in [4.78, 5) is 30.1. The van der Waals surface area contributed by atoms with E-state index < -0.39 is 5.97 Å². The number of carboxylic acids is 1. The molecule has 1 aromatic heterocycles. The second-order valence-electron chi connectivity index (χ2n) is 8.95. The molecule has 0 radical (unpaired) electrons. The van der Waals surface area contributed by atoms with Crippen molar-refractivity contribution in [3.05, 3.63) is 70.7 Å². The highest BCUT2D eigenvalue weighted by atomic mass is 19.1. The number of aromatic carboxylic acids is 1. The Hall–Kier alpha value is -3.45. The van der Waals surface area contributed by atoms with E-state index in [1.54, 1.807) is 31.5 Å². The van der Waals surface area contributed by atoms with Gasteiger partial charge in [0.15, 0.2) is 5.78 Å². The Morgan fingerprint density at radius 2 is 1.97 bits per heavy atom. The molecule has 3 aromatic rings. The highest BCUT2D eigenvalue weighted by molar-refractivity contribution is 6.09. The van der Waals surface area contributed by atoms with Crippen LogP contribution >= 0.6 is 0 Å². The number of carbonyl (C=O) groups is 2. The smallest absolute Gasteiger partial charge is 0.335 e. The zero-order valence-electron chi connectivity index (χ0n) is 19.5. The monoisotopic (exact) mass is 463 g/mol. The van der Waals surface area contributed by atoms with E-state index in [9.17, 15) is 19.1 Å². The minimum absolute atomic E-state index is 0.166. The van der Waals surface area contributed by atoms with Gasteiger partial charge in [0.25, 0.3) is 0 Å². The van der Waals surface area contributed by atoms with Gasteiger partial charge in [-0.15, -0.1) is 0 Å². The molecule has 0 unspecified atom stereocenters. The highest BCUT2D eigenvalue weighted by Gasteiger charge is 2.21. The Morgan fingerprint density at radius 1 is 1.21 bits per heavy atom. The zero-order chi connectivity index (χ0) is 24.2. The second-order valence-corrected chi connectivity index (χ2v) is 8.95. The Labute approximate surface area is 198 Å². The van der Waals surface area contributed by atoms with Crippen molar-refractivity contribution in [3.8, 4) is 0 Å². The van der Waals surface area contributed by atoms with Crippen molar-refractivity contribution < 1.29 is 19.1 Å². The van der Waals surface area contributed by atoms with Crippen LogP contribution < -0.4 is 5.32 Å². The van der Waals surface area contributed by atoms with Gasteiger partial charge in [0.1, 0.15) is 5.82 Å². The Morgan fingerprint density at radius 3 is 2.68 bits per heavy atom. The van der Waals surface area contributed by atoms with Crippen molar-refractivity contribution in [1.29, 1.82) is 0 Å². The summed E-state index contributed by atoms with van der Waals surface area (Å²) in [6, 6.07) is 7.94. The van der Waals surface area contributed by atoms with E-state index in [1.165, 1.54) is 43.5 Å². The van der Waals surface area contributed by atoms with Gasteiger partial charge >= 0.3 is 5.97 Å². The molecule has 7 heteroatoms. The van der Waals surface area contributed by atoms with Crippen LogP contribution in [0.2, 0.25) is 0 Å². The van der Waals surface area contributed by atoms with Crippen LogP contribution in [-0.2, 0) is 6.54 Å². The summed E-state index contributed by atoms with van der Waals surface area (Å²) in [7, 11) is 3.76. The number of fused-ring (bicyclic) bond motifs is 1. The fraction of sp³-hybridized carbons (Fsp3) is 0.333. The van der Waals surface area contributed by atoms with E-state index in [4.69, 9.17) is 0 Å². The molecule has 4 rings (SSSR count). The van der Waals surface area contributed by atoms with Crippen LogP contribution in [0, 0.1) is 5.82 Å². The number of rotatable bonds is 8. The van der Waals surface area contributed by atoms with Crippen LogP contribution in [0.25, 0.3) is 17.0 Å². The average Bonchev–Trinajstić information content (AvgIpc) is 3.25. The number of allylic oxidation sites excluding steroid dienone is 1. The number of aromatic amines is 1. The van der Waals surface area contributed by atoms with Gasteiger partial charge in [-0.3, -0.25) is 9.69 Å². The van der Waals surface area contributed by atoms with Crippen molar-refractivity contribution in [3.63, 3.8) is 0 Å². The van der Waals surface area contributed by atoms with Gasteiger partial charge in [0, 0.05) is 42.3 Å². The van der Waals surface area contributed by atoms with Crippen molar-refractivity contribution in [1.82, 2.24) is 9.88 Å². The predicted molar refractivity (Wildman–Crippen MR) is 133 cm³/mol. The number of nitrogens with one attached hydrogen (secondary N) is 2. The normalized spacial score (nSPS) is 14.8. The molecule has 0 bridgehead atoms. The lowest BCUT2D eigenvalue weighted by Gasteiger charge is -2.31. The molecular formula is C27H30FN3O3. The number of carboxylic acid groups (broad SMARTS) is 1. The number of hydrogen-bond donors (Lipinski definition) is 3. The summed E-state index contributed by atoms with van der Waals surface area (Å²) in [5.41, 5.74) is 3.44. The first-order chi connectivity index (χ1) is 16.4. The third-order valence-corrected chi connectivity index (χ3v) is 6.71. The number of benzene rings is 2. The fourth-order valence-corrected chi connectivity index (χ4v) is 4.83. The molecule has 3 N–H and O–H groups in total.